The zero-order chi connectivity index (χ0) is 21.4. The highest BCUT2D eigenvalue weighted by molar-refractivity contribution is 6.99. The SMILES string of the molecule is CC(C)(C/C(=C/C(=O)O)C(=O)O)NC[C@H](O)COc1nsnc1N1CCOCC1. The number of β-amino-alcohol motifs (C(OH)–C–C–N with tert-alkyl or cyclic N) is 1. The molecule has 1 aromatic heterocycles. The van der Waals surface area contributed by atoms with E-state index < -0.39 is 23.6 Å². The van der Waals surface area contributed by atoms with E-state index >= 15 is 0 Å². The molecule has 1 atom stereocenters. The fraction of sp³-hybridized carbons (Fsp3) is 0.647. The predicted molar refractivity (Wildman–Crippen MR) is 104 cm³/mol. The van der Waals surface area contributed by atoms with Crippen molar-refractivity contribution in [2.45, 2.75) is 31.9 Å². The minimum Gasteiger partial charge on any atom is -0.478 e. The molecule has 1 saturated heterocycles. The maximum Gasteiger partial charge on any atom is 0.331 e. The second-order valence-electron chi connectivity index (χ2n) is 7.21. The summed E-state index contributed by atoms with van der Waals surface area (Å²) in [4.78, 5) is 24.0. The van der Waals surface area contributed by atoms with E-state index in [0.717, 1.165) is 11.7 Å². The average Bonchev–Trinajstić information content (AvgIpc) is 3.13. The maximum absolute atomic E-state index is 11.2. The van der Waals surface area contributed by atoms with E-state index in [-0.39, 0.29) is 25.1 Å². The number of nitrogens with zero attached hydrogens (tertiary/aromatic N) is 3. The van der Waals surface area contributed by atoms with Crippen molar-refractivity contribution in [3.8, 4) is 5.88 Å². The number of morpholine rings is 1. The standard InChI is InChI=1S/C17H26N4O7S/c1-17(2,8-11(16(25)26)7-13(23)24)18-9-12(22)10-28-15-14(19-29-20-15)21-3-5-27-6-4-21/h7,12,18,22H,3-6,8-10H2,1-2H3,(H,23,24)(H,25,26)/b11-7-/t12-/m0/s1. The number of carbonyl (C=O) groups is 2. The number of carboxylic acids is 2. The van der Waals surface area contributed by atoms with Gasteiger partial charge in [-0.25, -0.2) is 9.59 Å². The minimum atomic E-state index is -1.32. The van der Waals surface area contributed by atoms with Crippen LogP contribution in [0.5, 0.6) is 5.88 Å². The first kappa shape index (κ1) is 23.0. The summed E-state index contributed by atoms with van der Waals surface area (Å²) in [7, 11) is 0. The number of aliphatic hydroxyl groups is 1. The Morgan fingerprint density at radius 2 is 2.03 bits per heavy atom. The Labute approximate surface area is 172 Å². The molecule has 29 heavy (non-hydrogen) atoms. The quantitative estimate of drug-likeness (QED) is 0.350. The zero-order valence-electron chi connectivity index (χ0n) is 16.3. The summed E-state index contributed by atoms with van der Waals surface area (Å²) >= 11 is 1.03. The topological polar surface area (TPSA) is 154 Å². The Hall–Kier alpha value is -2.28. The van der Waals surface area contributed by atoms with Crippen LogP contribution >= 0.6 is 11.7 Å². The van der Waals surface area contributed by atoms with Gasteiger partial charge in [0.2, 0.25) is 5.82 Å². The van der Waals surface area contributed by atoms with Crippen molar-refractivity contribution in [2.75, 3.05) is 44.4 Å². The Morgan fingerprint density at radius 3 is 2.66 bits per heavy atom. The largest absolute Gasteiger partial charge is 0.478 e. The molecule has 0 radical (unpaired) electrons. The number of rotatable bonds is 11. The summed E-state index contributed by atoms with van der Waals surface area (Å²) in [5.74, 6) is -1.63. The normalized spacial score (nSPS) is 16.5. The number of ether oxygens (including phenoxy) is 2. The van der Waals surface area contributed by atoms with E-state index in [4.69, 9.17) is 19.7 Å². The summed E-state index contributed by atoms with van der Waals surface area (Å²) in [6.07, 6.45) is -0.238. The van der Waals surface area contributed by atoms with Gasteiger partial charge < -0.3 is 35.0 Å². The Bertz CT molecular complexity index is 731. The minimum absolute atomic E-state index is 0.0252. The van der Waals surface area contributed by atoms with E-state index in [2.05, 4.69) is 14.1 Å². The van der Waals surface area contributed by atoms with Crippen molar-refractivity contribution in [1.29, 1.82) is 0 Å². The molecule has 0 unspecified atom stereocenters. The molecule has 4 N–H and O–H groups in total. The van der Waals surface area contributed by atoms with Crippen LogP contribution in [0.4, 0.5) is 5.82 Å². The van der Waals surface area contributed by atoms with Gasteiger partial charge in [0.1, 0.15) is 12.7 Å². The van der Waals surface area contributed by atoms with Gasteiger partial charge in [-0.15, -0.1) is 4.37 Å². The third-order valence-corrected chi connectivity index (χ3v) is 4.69. The Balaban J connectivity index is 1.83. The second-order valence-corrected chi connectivity index (χ2v) is 7.74. The van der Waals surface area contributed by atoms with Crippen molar-refractivity contribution in [1.82, 2.24) is 14.1 Å². The van der Waals surface area contributed by atoms with Gasteiger partial charge in [-0.3, -0.25) is 0 Å². The van der Waals surface area contributed by atoms with Crippen molar-refractivity contribution in [3.05, 3.63) is 11.6 Å². The van der Waals surface area contributed by atoms with Gasteiger partial charge in [0, 0.05) is 36.8 Å². The fourth-order valence-electron chi connectivity index (χ4n) is 2.74. The summed E-state index contributed by atoms with van der Waals surface area (Å²) in [6, 6.07) is 0. The number of aliphatic hydroxyl groups excluding tert-OH is 1. The lowest BCUT2D eigenvalue weighted by Crippen LogP contribution is -2.45. The molecular weight excluding hydrogens is 404 g/mol. The lowest BCUT2D eigenvalue weighted by atomic mass is 9.94. The van der Waals surface area contributed by atoms with E-state index in [1.165, 1.54) is 0 Å². The highest BCUT2D eigenvalue weighted by Gasteiger charge is 2.25. The van der Waals surface area contributed by atoms with Crippen molar-refractivity contribution >= 4 is 29.5 Å². The van der Waals surface area contributed by atoms with Crippen LogP contribution in [-0.4, -0.2) is 87.1 Å². The van der Waals surface area contributed by atoms with Crippen molar-refractivity contribution < 1.29 is 34.4 Å². The van der Waals surface area contributed by atoms with Crippen molar-refractivity contribution in [3.63, 3.8) is 0 Å². The first-order chi connectivity index (χ1) is 13.7. The van der Waals surface area contributed by atoms with Crippen LogP contribution < -0.4 is 15.0 Å². The molecule has 2 heterocycles. The van der Waals surface area contributed by atoms with Crippen LogP contribution in [0.15, 0.2) is 11.6 Å². The Kier molecular flexibility index (Phi) is 8.32. The summed E-state index contributed by atoms with van der Waals surface area (Å²) in [6.45, 7) is 6.13. The van der Waals surface area contributed by atoms with Crippen LogP contribution in [0.2, 0.25) is 0 Å². The smallest absolute Gasteiger partial charge is 0.331 e. The van der Waals surface area contributed by atoms with Gasteiger partial charge in [-0.05, 0) is 20.3 Å². The molecule has 0 spiro atoms. The monoisotopic (exact) mass is 430 g/mol. The molecule has 1 aromatic rings. The molecule has 0 amide bonds. The first-order valence-electron chi connectivity index (χ1n) is 9.06. The molecule has 1 aliphatic heterocycles. The van der Waals surface area contributed by atoms with Crippen LogP contribution in [0, 0.1) is 0 Å². The summed E-state index contributed by atoms with van der Waals surface area (Å²) in [5.41, 5.74) is -0.980. The molecule has 1 fully saturated rings. The molecule has 0 aliphatic carbocycles. The second kappa shape index (κ2) is 10.5. The zero-order valence-corrected chi connectivity index (χ0v) is 17.1. The van der Waals surface area contributed by atoms with Gasteiger partial charge in [0.05, 0.1) is 24.9 Å². The lowest BCUT2D eigenvalue weighted by molar-refractivity contribution is -0.135. The molecule has 0 saturated carbocycles. The van der Waals surface area contributed by atoms with E-state index in [1.54, 1.807) is 13.8 Å². The predicted octanol–water partition coefficient (Wildman–Crippen LogP) is -0.0317. The third kappa shape index (κ3) is 7.57. The highest BCUT2D eigenvalue weighted by atomic mass is 32.1. The molecule has 2 rings (SSSR count). The molecule has 1 aliphatic rings. The van der Waals surface area contributed by atoms with Crippen LogP contribution in [0.1, 0.15) is 20.3 Å². The number of aromatic nitrogens is 2. The molecular formula is C17H26N4O7S. The number of hydrogen-bond donors (Lipinski definition) is 4. The number of hydrogen-bond acceptors (Lipinski definition) is 10. The van der Waals surface area contributed by atoms with Crippen LogP contribution in [0.3, 0.4) is 0 Å². The summed E-state index contributed by atoms with van der Waals surface area (Å²) in [5, 5.41) is 31.2. The average molecular weight is 430 g/mol. The number of nitrogens with one attached hydrogen (secondary N) is 1. The van der Waals surface area contributed by atoms with Crippen LogP contribution in [-0.2, 0) is 14.3 Å². The van der Waals surface area contributed by atoms with Gasteiger partial charge in [0.25, 0.3) is 5.88 Å². The number of anilines is 1. The summed E-state index contributed by atoms with van der Waals surface area (Å²) < 4.78 is 19.3. The van der Waals surface area contributed by atoms with E-state index in [9.17, 15) is 14.7 Å². The number of aliphatic carboxylic acids is 2. The number of carboxylic acid groups (broad SMARTS) is 2. The van der Waals surface area contributed by atoms with Gasteiger partial charge in [-0.2, -0.15) is 4.37 Å². The van der Waals surface area contributed by atoms with Gasteiger partial charge in [-0.1, -0.05) is 0 Å². The molecule has 11 nitrogen and oxygen atoms in total. The van der Waals surface area contributed by atoms with E-state index in [0.29, 0.717) is 44.1 Å². The lowest BCUT2D eigenvalue weighted by Gasteiger charge is -2.28. The van der Waals surface area contributed by atoms with Gasteiger partial charge >= 0.3 is 11.9 Å². The maximum atomic E-state index is 11.2. The van der Waals surface area contributed by atoms with Crippen LogP contribution in [0.25, 0.3) is 0 Å². The molecule has 12 heteroatoms. The third-order valence-electron chi connectivity index (χ3n) is 4.19. The Morgan fingerprint density at radius 1 is 1.34 bits per heavy atom. The van der Waals surface area contributed by atoms with Gasteiger partial charge in [0.15, 0.2) is 0 Å². The molecule has 0 bridgehead atoms. The van der Waals surface area contributed by atoms with E-state index in [1.807, 2.05) is 4.90 Å². The van der Waals surface area contributed by atoms with Crippen molar-refractivity contribution in [2.24, 2.45) is 0 Å². The highest BCUT2D eigenvalue weighted by Crippen LogP contribution is 2.26. The first-order valence-corrected chi connectivity index (χ1v) is 9.79. The molecule has 0 aromatic carbocycles. The fourth-order valence-corrected chi connectivity index (χ4v) is 3.26. The molecule has 162 valence electrons.